The van der Waals surface area contributed by atoms with Gasteiger partial charge in [0.2, 0.25) is 5.91 Å². The van der Waals surface area contributed by atoms with E-state index in [1.54, 1.807) is 0 Å². The molecule has 0 radical (unpaired) electrons. The molecular formula is C15H30N2O2. The largest absolute Gasteiger partial charge is 0.389 e. The minimum atomic E-state index is -0.646. The van der Waals surface area contributed by atoms with Crippen molar-refractivity contribution in [1.82, 2.24) is 9.80 Å². The summed E-state index contributed by atoms with van der Waals surface area (Å²) in [5.41, 5.74) is -0.646. The SMILES string of the molecule is CCCCCCC(=O)N1CCN(CC(C)(C)O)CC1. The topological polar surface area (TPSA) is 43.8 Å². The Hall–Kier alpha value is -0.610. The first-order valence-electron chi connectivity index (χ1n) is 7.65. The van der Waals surface area contributed by atoms with Gasteiger partial charge in [-0.15, -0.1) is 0 Å². The van der Waals surface area contributed by atoms with Crippen molar-refractivity contribution in [2.75, 3.05) is 32.7 Å². The van der Waals surface area contributed by atoms with Gasteiger partial charge in [0.05, 0.1) is 5.60 Å². The quantitative estimate of drug-likeness (QED) is 0.718. The molecular weight excluding hydrogens is 240 g/mol. The number of amides is 1. The number of β-amino-alcohol motifs (C(OH)–C–C–N with tert-alkyl or cyclic N) is 1. The number of carbonyl (C=O) groups excluding carboxylic acids is 1. The highest BCUT2D eigenvalue weighted by Gasteiger charge is 2.24. The molecule has 0 unspecified atom stereocenters. The van der Waals surface area contributed by atoms with Crippen molar-refractivity contribution in [3.63, 3.8) is 0 Å². The summed E-state index contributed by atoms with van der Waals surface area (Å²) >= 11 is 0. The van der Waals surface area contributed by atoms with Crippen molar-refractivity contribution in [1.29, 1.82) is 0 Å². The third-order valence-electron chi connectivity index (χ3n) is 3.58. The number of nitrogens with zero attached hydrogens (tertiary/aromatic N) is 2. The maximum atomic E-state index is 12.0. The lowest BCUT2D eigenvalue weighted by Crippen LogP contribution is -2.51. The van der Waals surface area contributed by atoms with Crippen molar-refractivity contribution >= 4 is 5.91 Å². The van der Waals surface area contributed by atoms with Crippen LogP contribution in [0, 0.1) is 0 Å². The van der Waals surface area contributed by atoms with Gasteiger partial charge in [-0.05, 0) is 20.3 Å². The van der Waals surface area contributed by atoms with Crippen molar-refractivity contribution in [3.05, 3.63) is 0 Å². The average Bonchev–Trinajstić information content (AvgIpc) is 2.33. The summed E-state index contributed by atoms with van der Waals surface area (Å²) in [4.78, 5) is 16.2. The molecule has 4 heteroatoms. The molecule has 0 spiro atoms. The first-order chi connectivity index (χ1) is 8.92. The molecule has 1 saturated heterocycles. The number of carbonyl (C=O) groups is 1. The van der Waals surface area contributed by atoms with E-state index in [-0.39, 0.29) is 0 Å². The summed E-state index contributed by atoms with van der Waals surface area (Å²) in [6.07, 6.45) is 5.33. The van der Waals surface area contributed by atoms with E-state index >= 15 is 0 Å². The number of aliphatic hydroxyl groups is 1. The number of rotatable bonds is 7. The van der Waals surface area contributed by atoms with Gasteiger partial charge < -0.3 is 10.0 Å². The summed E-state index contributed by atoms with van der Waals surface area (Å²) in [5.74, 6) is 0.305. The lowest BCUT2D eigenvalue weighted by molar-refractivity contribution is -0.133. The minimum Gasteiger partial charge on any atom is -0.389 e. The van der Waals surface area contributed by atoms with E-state index < -0.39 is 5.60 Å². The summed E-state index contributed by atoms with van der Waals surface area (Å²) < 4.78 is 0. The van der Waals surface area contributed by atoms with Crippen molar-refractivity contribution < 1.29 is 9.90 Å². The predicted molar refractivity (Wildman–Crippen MR) is 78.1 cm³/mol. The predicted octanol–water partition coefficient (Wildman–Crippen LogP) is 1.87. The Balaban J connectivity index is 2.20. The highest BCUT2D eigenvalue weighted by molar-refractivity contribution is 5.76. The minimum absolute atomic E-state index is 0.305. The Kier molecular flexibility index (Phi) is 6.80. The van der Waals surface area contributed by atoms with Crippen molar-refractivity contribution in [3.8, 4) is 0 Å². The van der Waals surface area contributed by atoms with Gasteiger partial charge in [0, 0.05) is 39.1 Å². The van der Waals surface area contributed by atoms with E-state index in [4.69, 9.17) is 0 Å². The molecule has 0 aliphatic carbocycles. The molecule has 0 aromatic carbocycles. The molecule has 0 bridgehead atoms. The molecule has 1 aliphatic rings. The van der Waals surface area contributed by atoms with Gasteiger partial charge in [-0.2, -0.15) is 0 Å². The molecule has 1 N–H and O–H groups in total. The second kappa shape index (κ2) is 7.85. The average molecular weight is 270 g/mol. The van der Waals surface area contributed by atoms with E-state index in [2.05, 4.69) is 11.8 Å². The van der Waals surface area contributed by atoms with Gasteiger partial charge in [-0.1, -0.05) is 26.2 Å². The second-order valence-electron chi connectivity index (χ2n) is 6.28. The molecule has 4 nitrogen and oxygen atoms in total. The first kappa shape index (κ1) is 16.4. The Labute approximate surface area is 117 Å². The van der Waals surface area contributed by atoms with Crippen LogP contribution in [0.5, 0.6) is 0 Å². The van der Waals surface area contributed by atoms with Crippen LogP contribution in [0.25, 0.3) is 0 Å². The molecule has 0 aromatic heterocycles. The standard InChI is InChI=1S/C15H30N2O2/c1-4-5-6-7-8-14(18)17-11-9-16(10-12-17)13-15(2,3)19/h19H,4-13H2,1-3H3. The Morgan fingerprint density at radius 2 is 1.74 bits per heavy atom. The fourth-order valence-electron chi connectivity index (χ4n) is 2.56. The zero-order chi connectivity index (χ0) is 14.3. The number of unbranched alkanes of at least 4 members (excludes halogenated alkanes) is 3. The number of hydrogen-bond donors (Lipinski definition) is 1. The molecule has 112 valence electrons. The van der Waals surface area contributed by atoms with Crippen LogP contribution >= 0.6 is 0 Å². The van der Waals surface area contributed by atoms with Crippen LogP contribution in [-0.2, 0) is 4.79 Å². The van der Waals surface area contributed by atoms with Crippen molar-refractivity contribution in [2.45, 2.75) is 58.5 Å². The molecule has 19 heavy (non-hydrogen) atoms. The highest BCUT2D eigenvalue weighted by atomic mass is 16.3. The second-order valence-corrected chi connectivity index (χ2v) is 6.28. The smallest absolute Gasteiger partial charge is 0.222 e. The van der Waals surface area contributed by atoms with Gasteiger partial charge >= 0.3 is 0 Å². The third-order valence-corrected chi connectivity index (χ3v) is 3.58. The molecule has 1 rings (SSSR count). The Morgan fingerprint density at radius 3 is 2.26 bits per heavy atom. The van der Waals surface area contributed by atoms with Crippen LogP contribution in [0.3, 0.4) is 0 Å². The number of hydrogen-bond acceptors (Lipinski definition) is 3. The van der Waals surface area contributed by atoms with Crippen LogP contribution in [0.2, 0.25) is 0 Å². The third kappa shape index (κ3) is 6.92. The van der Waals surface area contributed by atoms with Gasteiger partial charge in [0.25, 0.3) is 0 Å². The van der Waals surface area contributed by atoms with Gasteiger partial charge in [-0.25, -0.2) is 0 Å². The lowest BCUT2D eigenvalue weighted by Gasteiger charge is -2.37. The number of piperazine rings is 1. The molecule has 0 saturated carbocycles. The Morgan fingerprint density at radius 1 is 1.11 bits per heavy atom. The summed E-state index contributed by atoms with van der Waals surface area (Å²) in [7, 11) is 0. The van der Waals surface area contributed by atoms with Crippen LogP contribution in [0.15, 0.2) is 0 Å². The van der Waals surface area contributed by atoms with Gasteiger partial charge in [0.15, 0.2) is 0 Å². The van der Waals surface area contributed by atoms with E-state index in [1.807, 2.05) is 18.7 Å². The maximum Gasteiger partial charge on any atom is 0.222 e. The molecule has 0 aromatic rings. The maximum absolute atomic E-state index is 12.0. The molecule has 1 heterocycles. The van der Waals surface area contributed by atoms with E-state index in [0.717, 1.165) is 32.6 Å². The molecule has 0 atom stereocenters. The van der Waals surface area contributed by atoms with Crippen LogP contribution in [0.1, 0.15) is 52.9 Å². The zero-order valence-corrected chi connectivity index (χ0v) is 12.8. The Bertz CT molecular complexity index is 266. The fraction of sp³-hybridized carbons (Fsp3) is 0.933. The normalized spacial score (nSPS) is 17.8. The van der Waals surface area contributed by atoms with Crippen LogP contribution < -0.4 is 0 Å². The monoisotopic (exact) mass is 270 g/mol. The van der Waals surface area contributed by atoms with Crippen LogP contribution in [0.4, 0.5) is 0 Å². The molecule has 1 amide bonds. The lowest BCUT2D eigenvalue weighted by atomic mass is 10.1. The van der Waals surface area contributed by atoms with E-state index in [1.165, 1.54) is 19.3 Å². The highest BCUT2D eigenvalue weighted by Crippen LogP contribution is 2.11. The molecule has 1 fully saturated rings. The summed E-state index contributed by atoms with van der Waals surface area (Å²) in [5, 5.41) is 9.79. The summed E-state index contributed by atoms with van der Waals surface area (Å²) in [6.45, 7) is 9.91. The van der Waals surface area contributed by atoms with E-state index in [9.17, 15) is 9.90 Å². The van der Waals surface area contributed by atoms with Gasteiger partial charge in [0.1, 0.15) is 0 Å². The van der Waals surface area contributed by atoms with Crippen LogP contribution in [-0.4, -0.2) is 59.1 Å². The molecule has 1 aliphatic heterocycles. The first-order valence-corrected chi connectivity index (χ1v) is 7.65. The van der Waals surface area contributed by atoms with Crippen molar-refractivity contribution in [2.24, 2.45) is 0 Å². The van der Waals surface area contributed by atoms with Gasteiger partial charge in [-0.3, -0.25) is 9.69 Å². The fourth-order valence-corrected chi connectivity index (χ4v) is 2.56. The van der Waals surface area contributed by atoms with E-state index in [0.29, 0.717) is 18.9 Å². The zero-order valence-electron chi connectivity index (χ0n) is 12.8. The summed E-state index contributed by atoms with van der Waals surface area (Å²) in [6, 6.07) is 0.